The van der Waals surface area contributed by atoms with E-state index in [2.05, 4.69) is 0 Å². The van der Waals surface area contributed by atoms with Crippen LogP contribution in [0.3, 0.4) is 0 Å². The number of aryl methyl sites for hydroxylation is 1. The molecule has 3 rings (SSSR count). The van der Waals surface area contributed by atoms with Gasteiger partial charge in [-0.25, -0.2) is 4.79 Å². The summed E-state index contributed by atoms with van der Waals surface area (Å²) >= 11 is 1.28. The highest BCUT2D eigenvalue weighted by atomic mass is 32.1. The Kier molecular flexibility index (Phi) is 4.31. The number of hydrogen-bond acceptors (Lipinski definition) is 6. The number of carbonyl (C=O) groups excluding carboxylic acids is 2. The minimum Gasteiger partial charge on any atom is -0.454 e. The number of nitriles is 1. The predicted octanol–water partition coefficient (Wildman–Crippen LogP) is 3.35. The largest absolute Gasteiger partial charge is 0.454 e. The highest BCUT2D eigenvalue weighted by molar-refractivity contribution is 7.12. The topological polar surface area (TPSA) is 85.2 Å². The summed E-state index contributed by atoms with van der Waals surface area (Å²) in [6.45, 7) is 1.19. The van der Waals surface area contributed by atoms with Crippen molar-refractivity contribution in [2.45, 2.75) is 6.92 Å². The lowest BCUT2D eigenvalue weighted by atomic mass is 10.1. The average molecular weight is 340 g/mol. The van der Waals surface area contributed by atoms with Crippen LogP contribution in [0.15, 0.2) is 46.5 Å². The van der Waals surface area contributed by atoms with Crippen LogP contribution < -0.4 is 0 Å². The van der Waals surface area contributed by atoms with Crippen LogP contribution in [0.5, 0.6) is 0 Å². The molecule has 0 spiro atoms. The molecule has 3 aromatic heterocycles. The summed E-state index contributed by atoms with van der Waals surface area (Å²) in [6, 6.07) is 8.93. The molecule has 0 fully saturated rings. The number of nitrogens with zero attached hydrogens (tertiary/aromatic N) is 2. The fourth-order valence-corrected chi connectivity index (χ4v) is 2.89. The molecule has 0 atom stereocenters. The van der Waals surface area contributed by atoms with Crippen molar-refractivity contribution in [3.05, 3.63) is 63.8 Å². The molecule has 0 aliphatic rings. The van der Waals surface area contributed by atoms with Gasteiger partial charge in [0.05, 0.1) is 4.88 Å². The van der Waals surface area contributed by atoms with Gasteiger partial charge in [0.15, 0.2) is 6.61 Å². The van der Waals surface area contributed by atoms with E-state index in [0.717, 1.165) is 0 Å². The van der Waals surface area contributed by atoms with Gasteiger partial charge in [0, 0.05) is 12.4 Å². The first kappa shape index (κ1) is 15.8. The molecule has 0 radical (unpaired) electrons. The number of esters is 1. The molecule has 3 aromatic rings. The number of rotatable bonds is 5. The summed E-state index contributed by atoms with van der Waals surface area (Å²) in [4.78, 5) is 24.7. The van der Waals surface area contributed by atoms with Crippen molar-refractivity contribution in [3.8, 4) is 12.0 Å². The number of ether oxygens (including phenoxy) is 1. The third-order valence-corrected chi connectivity index (χ3v) is 4.26. The number of thiophene rings is 1. The number of hydrogen-bond donors (Lipinski definition) is 0. The third-order valence-electron chi connectivity index (χ3n) is 3.35. The van der Waals surface area contributed by atoms with Gasteiger partial charge in [-0.05, 0) is 30.5 Å². The first-order valence-corrected chi connectivity index (χ1v) is 7.90. The zero-order valence-corrected chi connectivity index (χ0v) is 13.5. The number of aromatic nitrogens is 1. The van der Waals surface area contributed by atoms with Gasteiger partial charge in [0.1, 0.15) is 23.0 Å². The van der Waals surface area contributed by atoms with Crippen LogP contribution in [0.25, 0.3) is 5.88 Å². The molecule has 0 N–H and O–H groups in total. The quantitative estimate of drug-likeness (QED) is 0.525. The van der Waals surface area contributed by atoms with Gasteiger partial charge in [-0.15, -0.1) is 11.3 Å². The van der Waals surface area contributed by atoms with E-state index in [0.29, 0.717) is 4.88 Å². The zero-order valence-electron chi connectivity index (χ0n) is 12.7. The summed E-state index contributed by atoms with van der Waals surface area (Å²) in [6.07, 6.45) is 3.41. The Bertz CT molecular complexity index is 915. The molecule has 0 aliphatic carbocycles. The van der Waals surface area contributed by atoms with E-state index in [-0.39, 0.29) is 35.2 Å². The molecule has 0 saturated carbocycles. The van der Waals surface area contributed by atoms with Crippen LogP contribution in [0.1, 0.15) is 31.4 Å². The van der Waals surface area contributed by atoms with Gasteiger partial charge in [0.25, 0.3) is 0 Å². The van der Waals surface area contributed by atoms with Crippen molar-refractivity contribution >= 4 is 23.1 Å². The SMILES string of the molecule is Cc1oc(-n2cccc2)c(C#N)c1C(=O)OCC(=O)c1cccs1. The second-order valence-electron chi connectivity index (χ2n) is 4.89. The minimum absolute atomic E-state index is 0.0418. The van der Waals surface area contributed by atoms with Gasteiger partial charge < -0.3 is 9.15 Å². The summed E-state index contributed by atoms with van der Waals surface area (Å²) in [5, 5.41) is 11.2. The Hall–Kier alpha value is -3.11. The van der Waals surface area contributed by atoms with E-state index in [9.17, 15) is 14.9 Å². The Morgan fingerprint density at radius 1 is 1.33 bits per heavy atom. The molecule has 0 bridgehead atoms. The summed E-state index contributed by atoms with van der Waals surface area (Å²) in [5.41, 5.74) is 0.123. The van der Waals surface area contributed by atoms with Crippen molar-refractivity contribution in [2.75, 3.05) is 6.61 Å². The van der Waals surface area contributed by atoms with Crippen LogP contribution in [-0.4, -0.2) is 22.9 Å². The lowest BCUT2D eigenvalue weighted by molar-refractivity contribution is 0.0473. The van der Waals surface area contributed by atoms with Gasteiger partial charge in [0.2, 0.25) is 11.7 Å². The van der Waals surface area contributed by atoms with Crippen molar-refractivity contribution in [3.63, 3.8) is 0 Å². The number of Topliss-reactive ketones (excluding diaryl/α,β-unsaturated/α-hetero) is 1. The molecule has 6 nitrogen and oxygen atoms in total. The second-order valence-corrected chi connectivity index (χ2v) is 5.84. The highest BCUT2D eigenvalue weighted by Crippen LogP contribution is 2.26. The Morgan fingerprint density at radius 2 is 2.08 bits per heavy atom. The monoisotopic (exact) mass is 340 g/mol. The Morgan fingerprint density at radius 3 is 2.71 bits per heavy atom. The molecule has 7 heteroatoms. The lowest BCUT2D eigenvalue weighted by Crippen LogP contribution is -2.14. The highest BCUT2D eigenvalue weighted by Gasteiger charge is 2.26. The fraction of sp³-hybridized carbons (Fsp3) is 0.118. The Balaban J connectivity index is 1.83. The molecule has 0 amide bonds. The van der Waals surface area contributed by atoms with Crippen LogP contribution in [0.4, 0.5) is 0 Å². The van der Waals surface area contributed by atoms with Gasteiger partial charge in [-0.2, -0.15) is 5.26 Å². The van der Waals surface area contributed by atoms with Gasteiger partial charge >= 0.3 is 5.97 Å². The van der Waals surface area contributed by atoms with Crippen LogP contribution in [0, 0.1) is 18.3 Å². The summed E-state index contributed by atoms with van der Waals surface area (Å²) in [5.74, 6) is -0.528. The van der Waals surface area contributed by atoms with Crippen LogP contribution in [0.2, 0.25) is 0 Å². The molecular weight excluding hydrogens is 328 g/mol. The van der Waals surface area contributed by atoms with Crippen LogP contribution in [-0.2, 0) is 4.74 Å². The van der Waals surface area contributed by atoms with Crippen molar-refractivity contribution in [1.29, 1.82) is 5.26 Å². The molecule has 3 heterocycles. The minimum atomic E-state index is -0.754. The summed E-state index contributed by atoms with van der Waals surface area (Å²) < 4.78 is 12.2. The lowest BCUT2D eigenvalue weighted by Gasteiger charge is -2.02. The maximum absolute atomic E-state index is 12.3. The number of furan rings is 1. The molecular formula is C17H12N2O4S. The molecule has 0 aromatic carbocycles. The van der Waals surface area contributed by atoms with Crippen molar-refractivity contribution < 1.29 is 18.7 Å². The third kappa shape index (κ3) is 2.87. The maximum Gasteiger partial charge on any atom is 0.343 e. The fourth-order valence-electron chi connectivity index (χ4n) is 2.24. The smallest absolute Gasteiger partial charge is 0.343 e. The number of carbonyl (C=O) groups is 2. The van der Waals surface area contributed by atoms with Crippen LogP contribution >= 0.6 is 11.3 Å². The van der Waals surface area contributed by atoms with Gasteiger partial charge in [-0.1, -0.05) is 6.07 Å². The standard InChI is InChI=1S/C17H12N2O4S/c1-11-15(12(9-18)16(23-11)19-6-2-3-7-19)17(21)22-10-13(20)14-5-4-8-24-14/h2-8H,10H2,1H3. The molecule has 0 saturated heterocycles. The first-order chi connectivity index (χ1) is 11.6. The number of ketones is 1. The van der Waals surface area contributed by atoms with E-state index in [4.69, 9.17) is 9.15 Å². The van der Waals surface area contributed by atoms with E-state index in [1.807, 2.05) is 6.07 Å². The first-order valence-electron chi connectivity index (χ1n) is 7.02. The predicted molar refractivity (Wildman–Crippen MR) is 86.4 cm³/mol. The van der Waals surface area contributed by atoms with E-state index in [1.54, 1.807) is 53.5 Å². The second kappa shape index (κ2) is 6.56. The van der Waals surface area contributed by atoms with Crippen molar-refractivity contribution in [1.82, 2.24) is 4.57 Å². The normalized spacial score (nSPS) is 10.3. The molecule has 0 aliphatic heterocycles. The molecule has 120 valence electrons. The van der Waals surface area contributed by atoms with Gasteiger partial charge in [-0.3, -0.25) is 9.36 Å². The van der Waals surface area contributed by atoms with Crippen molar-refractivity contribution in [2.24, 2.45) is 0 Å². The molecule has 24 heavy (non-hydrogen) atoms. The molecule has 0 unspecified atom stereocenters. The summed E-state index contributed by atoms with van der Waals surface area (Å²) in [7, 11) is 0. The zero-order chi connectivity index (χ0) is 17.1. The average Bonchev–Trinajstić information content (AvgIpc) is 3.31. The Labute approximate surface area is 141 Å². The van der Waals surface area contributed by atoms with E-state index >= 15 is 0 Å². The van der Waals surface area contributed by atoms with E-state index < -0.39 is 5.97 Å². The maximum atomic E-state index is 12.3. The van der Waals surface area contributed by atoms with E-state index in [1.165, 1.54) is 11.3 Å².